The Bertz CT molecular complexity index is 1190. The van der Waals surface area contributed by atoms with Crippen molar-refractivity contribution in [2.24, 2.45) is 0 Å². The van der Waals surface area contributed by atoms with Crippen LogP contribution in [0, 0.1) is 0 Å². The molecule has 2 heterocycles. The molecule has 1 saturated carbocycles. The number of carbonyl (C=O) groups excluding carboxylic acids is 1. The van der Waals surface area contributed by atoms with Gasteiger partial charge in [0.05, 0.1) is 24.1 Å². The van der Waals surface area contributed by atoms with Gasteiger partial charge in [0.1, 0.15) is 17.7 Å². The van der Waals surface area contributed by atoms with Crippen molar-refractivity contribution in [3.63, 3.8) is 0 Å². The van der Waals surface area contributed by atoms with Crippen LogP contribution in [0.5, 0.6) is 11.6 Å². The Balaban J connectivity index is 1.50. The van der Waals surface area contributed by atoms with Crippen LogP contribution in [0.25, 0.3) is 5.57 Å². The summed E-state index contributed by atoms with van der Waals surface area (Å²) in [6.45, 7) is 1.86. The number of benzene rings is 1. The lowest BCUT2D eigenvalue weighted by Gasteiger charge is -2.18. The largest absolute Gasteiger partial charge is 0.496 e. The Morgan fingerprint density at radius 3 is 2.76 bits per heavy atom. The van der Waals surface area contributed by atoms with Crippen LogP contribution in [-0.4, -0.2) is 39.2 Å². The standard InChI is InChI=1S/C26H28N4O3/c1-3-22(31)16-8-9-17(23(14-16)32-2)15-24-28-21-11-10-19(20-12-13-27-30-20)25(21)26(29-24)33-18-6-4-5-7-18/h8-10,12-14,18H,3-7,11,15H2,1-2H3,(H,27,30). The zero-order chi connectivity index (χ0) is 22.8. The van der Waals surface area contributed by atoms with E-state index in [1.165, 1.54) is 12.8 Å². The van der Waals surface area contributed by atoms with Crippen molar-refractivity contribution >= 4 is 11.4 Å². The van der Waals surface area contributed by atoms with Crippen LogP contribution in [0.1, 0.15) is 77.7 Å². The molecule has 7 nitrogen and oxygen atoms in total. The quantitative estimate of drug-likeness (QED) is 0.507. The number of methoxy groups -OCH3 is 1. The maximum atomic E-state index is 12.1. The van der Waals surface area contributed by atoms with E-state index in [4.69, 9.17) is 19.4 Å². The highest BCUT2D eigenvalue weighted by atomic mass is 16.5. The van der Waals surface area contributed by atoms with Crippen molar-refractivity contribution in [1.82, 2.24) is 20.2 Å². The Labute approximate surface area is 193 Å². The van der Waals surface area contributed by atoms with E-state index in [9.17, 15) is 4.79 Å². The SMILES string of the molecule is CCC(=O)c1ccc(Cc2nc3c(c(OC4CCCC4)n2)C(c2ccn[nH]2)=CC3)c(OC)c1. The molecule has 2 aliphatic rings. The minimum absolute atomic E-state index is 0.0956. The van der Waals surface area contributed by atoms with Crippen LogP contribution in [0.2, 0.25) is 0 Å². The summed E-state index contributed by atoms with van der Waals surface area (Å²) in [6, 6.07) is 7.55. The van der Waals surface area contributed by atoms with E-state index in [2.05, 4.69) is 16.3 Å². The third-order valence-electron chi connectivity index (χ3n) is 6.42. The first-order valence-corrected chi connectivity index (χ1v) is 11.6. The smallest absolute Gasteiger partial charge is 0.225 e. The summed E-state index contributed by atoms with van der Waals surface area (Å²) in [7, 11) is 1.62. The number of aromatic amines is 1. The number of ketones is 1. The normalized spacial score (nSPS) is 15.4. The first kappa shape index (κ1) is 21.4. The highest BCUT2D eigenvalue weighted by molar-refractivity contribution is 5.96. The summed E-state index contributed by atoms with van der Waals surface area (Å²) in [5.41, 5.74) is 5.52. The number of H-pyrrole nitrogens is 1. The first-order valence-electron chi connectivity index (χ1n) is 11.6. The highest BCUT2D eigenvalue weighted by Gasteiger charge is 2.28. The molecule has 0 saturated heterocycles. The number of nitrogens with zero attached hydrogens (tertiary/aromatic N) is 3. The molecule has 1 fully saturated rings. The Kier molecular flexibility index (Phi) is 5.94. The van der Waals surface area contributed by atoms with Crippen molar-refractivity contribution in [2.45, 2.75) is 58.0 Å². The second-order valence-electron chi connectivity index (χ2n) is 8.56. The molecule has 7 heteroatoms. The van der Waals surface area contributed by atoms with Gasteiger partial charge in [0.2, 0.25) is 5.88 Å². The van der Waals surface area contributed by atoms with Crippen LogP contribution in [0.15, 0.2) is 36.5 Å². The van der Waals surface area contributed by atoms with Gasteiger partial charge >= 0.3 is 0 Å². The highest BCUT2D eigenvalue weighted by Crippen LogP contribution is 2.38. The Hall–Kier alpha value is -3.48. The molecule has 1 N–H and O–H groups in total. The zero-order valence-electron chi connectivity index (χ0n) is 19.1. The van der Waals surface area contributed by atoms with Crippen molar-refractivity contribution < 1.29 is 14.3 Å². The number of Topliss-reactive ketones (excluding diaryl/α,β-unsaturated/α-hetero) is 1. The number of ether oxygens (including phenoxy) is 2. The van der Waals surface area contributed by atoms with E-state index in [1.54, 1.807) is 13.3 Å². The number of rotatable bonds is 8. The molecule has 1 aromatic carbocycles. The van der Waals surface area contributed by atoms with E-state index in [-0.39, 0.29) is 11.9 Å². The lowest BCUT2D eigenvalue weighted by atomic mass is 10.0. The molecule has 0 amide bonds. The number of fused-ring (bicyclic) bond motifs is 1. The Morgan fingerprint density at radius 1 is 1.18 bits per heavy atom. The van der Waals surface area contributed by atoms with E-state index in [1.807, 2.05) is 31.2 Å². The number of hydrogen-bond acceptors (Lipinski definition) is 6. The monoisotopic (exact) mass is 444 g/mol. The third-order valence-corrected chi connectivity index (χ3v) is 6.42. The molecule has 170 valence electrons. The van der Waals surface area contributed by atoms with Crippen molar-refractivity contribution in [3.05, 3.63) is 70.4 Å². The molecule has 0 atom stereocenters. The lowest BCUT2D eigenvalue weighted by Crippen LogP contribution is -2.15. The molecule has 0 bridgehead atoms. The van der Waals surface area contributed by atoms with Crippen LogP contribution in [-0.2, 0) is 12.8 Å². The van der Waals surface area contributed by atoms with Crippen LogP contribution in [0.4, 0.5) is 0 Å². The molecular weight excluding hydrogens is 416 g/mol. The van der Waals surface area contributed by atoms with Gasteiger partial charge in [-0.2, -0.15) is 10.1 Å². The topological polar surface area (TPSA) is 90.0 Å². The second-order valence-corrected chi connectivity index (χ2v) is 8.56. The summed E-state index contributed by atoms with van der Waals surface area (Å²) in [5.74, 6) is 2.11. The average Bonchev–Trinajstić information content (AvgIpc) is 3.60. The van der Waals surface area contributed by atoms with Gasteiger partial charge in [0, 0.05) is 42.2 Å². The molecule has 0 aliphatic heterocycles. The summed E-state index contributed by atoms with van der Waals surface area (Å²) >= 11 is 0. The number of allylic oxidation sites excluding steroid dienone is 1. The first-order chi connectivity index (χ1) is 16.2. The van der Waals surface area contributed by atoms with Gasteiger partial charge < -0.3 is 9.47 Å². The van der Waals surface area contributed by atoms with Gasteiger partial charge in [-0.05, 0) is 37.8 Å². The fraction of sp³-hybridized carbons (Fsp3) is 0.385. The molecule has 2 aliphatic carbocycles. The van der Waals surface area contributed by atoms with E-state index in [0.29, 0.717) is 35.9 Å². The molecule has 3 aromatic rings. The third kappa shape index (κ3) is 4.27. The van der Waals surface area contributed by atoms with Gasteiger partial charge in [-0.15, -0.1) is 0 Å². The summed E-state index contributed by atoms with van der Waals surface area (Å²) in [5, 5.41) is 7.16. The lowest BCUT2D eigenvalue weighted by molar-refractivity contribution is 0.0988. The summed E-state index contributed by atoms with van der Waals surface area (Å²) in [6.07, 6.45) is 10.3. The van der Waals surface area contributed by atoms with E-state index in [0.717, 1.165) is 47.4 Å². The number of hydrogen-bond donors (Lipinski definition) is 1. The predicted molar refractivity (Wildman–Crippen MR) is 125 cm³/mol. The fourth-order valence-corrected chi connectivity index (χ4v) is 4.67. The van der Waals surface area contributed by atoms with Crippen molar-refractivity contribution in [3.8, 4) is 11.6 Å². The summed E-state index contributed by atoms with van der Waals surface area (Å²) < 4.78 is 12.0. The van der Waals surface area contributed by atoms with Crippen molar-refractivity contribution in [1.29, 1.82) is 0 Å². The van der Waals surface area contributed by atoms with E-state index < -0.39 is 0 Å². The number of aromatic nitrogens is 4. The molecular formula is C26H28N4O3. The maximum absolute atomic E-state index is 12.1. The molecule has 0 spiro atoms. The van der Waals surface area contributed by atoms with Crippen molar-refractivity contribution in [2.75, 3.05) is 7.11 Å². The van der Waals surface area contributed by atoms with Gasteiger partial charge in [-0.25, -0.2) is 4.98 Å². The average molecular weight is 445 g/mol. The van der Waals surface area contributed by atoms with Gasteiger partial charge in [0.15, 0.2) is 5.78 Å². The molecule has 0 radical (unpaired) electrons. The number of nitrogens with one attached hydrogen (secondary N) is 1. The minimum atomic E-state index is 0.0956. The maximum Gasteiger partial charge on any atom is 0.225 e. The zero-order valence-corrected chi connectivity index (χ0v) is 19.1. The van der Waals surface area contributed by atoms with Gasteiger partial charge in [0.25, 0.3) is 0 Å². The van der Waals surface area contributed by atoms with Crippen LogP contribution >= 0.6 is 0 Å². The molecule has 2 aromatic heterocycles. The molecule has 5 rings (SSSR count). The predicted octanol–water partition coefficient (Wildman–Crippen LogP) is 4.70. The van der Waals surface area contributed by atoms with Crippen LogP contribution in [0.3, 0.4) is 0 Å². The fourth-order valence-electron chi connectivity index (χ4n) is 4.67. The molecule has 33 heavy (non-hydrogen) atoms. The van der Waals surface area contributed by atoms with Gasteiger partial charge in [-0.3, -0.25) is 9.89 Å². The van der Waals surface area contributed by atoms with Gasteiger partial charge in [-0.1, -0.05) is 25.1 Å². The van der Waals surface area contributed by atoms with E-state index >= 15 is 0 Å². The minimum Gasteiger partial charge on any atom is -0.496 e. The second kappa shape index (κ2) is 9.17. The summed E-state index contributed by atoms with van der Waals surface area (Å²) in [4.78, 5) is 21.9. The number of carbonyl (C=O) groups is 1. The molecule has 0 unspecified atom stereocenters. The Morgan fingerprint density at radius 2 is 2.03 bits per heavy atom. The van der Waals surface area contributed by atoms with Crippen LogP contribution < -0.4 is 9.47 Å².